The van der Waals surface area contributed by atoms with Crippen LogP contribution in [0, 0.1) is 0 Å². The molecule has 1 aliphatic rings. The van der Waals surface area contributed by atoms with Crippen LogP contribution >= 0.6 is 11.6 Å². The summed E-state index contributed by atoms with van der Waals surface area (Å²) in [6, 6.07) is 2.15. The summed E-state index contributed by atoms with van der Waals surface area (Å²) in [4.78, 5) is 13.4. The molecule has 33 heavy (non-hydrogen) atoms. The number of pyridine rings is 1. The Hall–Kier alpha value is -2.48. The van der Waals surface area contributed by atoms with Gasteiger partial charge < -0.3 is 15.7 Å². The third-order valence-corrected chi connectivity index (χ3v) is 7.18. The average molecular weight is 507 g/mol. The second kappa shape index (κ2) is 9.05. The summed E-state index contributed by atoms with van der Waals surface area (Å²) < 4.78 is 66.6. The molecule has 0 aromatic carbocycles. The molecule has 1 saturated heterocycles. The molecule has 0 saturated carbocycles. The van der Waals surface area contributed by atoms with Crippen molar-refractivity contribution >= 4 is 33.4 Å². The minimum atomic E-state index is -4.91. The number of alkyl halides is 3. The number of sulfonamides is 1. The molecule has 2 aromatic rings. The van der Waals surface area contributed by atoms with Crippen LogP contribution in [-0.2, 0) is 15.6 Å². The molecule has 0 bridgehead atoms. The number of nitrogens with zero attached hydrogens (tertiary/aromatic N) is 5. The standard InChI is InChI=1S/C19H22ClF3N6O3S/c1-12(20)7-14-11-28(33(31,32)15-3-4-16(24)25-10-15)5-6-29(14)17-26-8-13(9-27-17)18(2,30)19(21,22)23/h3-4,7-10,14,30H,5-6,11H2,1-2H3,(H2,24,25)/b12-7-/t14-,18?/m0/s1. The molecule has 3 heterocycles. The summed E-state index contributed by atoms with van der Waals surface area (Å²) in [7, 11) is -3.88. The lowest BCUT2D eigenvalue weighted by molar-refractivity contribution is -0.259. The van der Waals surface area contributed by atoms with Crippen LogP contribution in [0.3, 0.4) is 0 Å². The van der Waals surface area contributed by atoms with Gasteiger partial charge in [0.2, 0.25) is 16.0 Å². The molecule has 3 rings (SSSR count). The molecule has 0 aliphatic carbocycles. The van der Waals surface area contributed by atoms with E-state index in [1.54, 1.807) is 17.9 Å². The van der Waals surface area contributed by atoms with Crippen LogP contribution in [-0.4, -0.2) is 64.6 Å². The molecule has 2 aromatic heterocycles. The van der Waals surface area contributed by atoms with Crippen molar-refractivity contribution in [2.24, 2.45) is 0 Å². The Bertz CT molecular complexity index is 1120. The highest BCUT2D eigenvalue weighted by atomic mass is 35.5. The average Bonchev–Trinajstić information content (AvgIpc) is 2.73. The van der Waals surface area contributed by atoms with Crippen molar-refractivity contribution in [1.82, 2.24) is 19.3 Å². The van der Waals surface area contributed by atoms with Gasteiger partial charge in [0.15, 0.2) is 5.60 Å². The fourth-order valence-electron chi connectivity index (χ4n) is 3.24. The molecule has 3 N–H and O–H groups in total. The topological polar surface area (TPSA) is 126 Å². The van der Waals surface area contributed by atoms with Gasteiger partial charge in [-0.15, -0.1) is 0 Å². The van der Waals surface area contributed by atoms with Crippen LogP contribution in [0.4, 0.5) is 24.9 Å². The maximum absolute atomic E-state index is 13.1. The third kappa shape index (κ3) is 5.21. The molecule has 1 aliphatic heterocycles. The summed E-state index contributed by atoms with van der Waals surface area (Å²) in [6.07, 6.45) is -0.340. The highest BCUT2D eigenvalue weighted by Gasteiger charge is 2.51. The van der Waals surface area contributed by atoms with E-state index in [4.69, 9.17) is 17.3 Å². The summed E-state index contributed by atoms with van der Waals surface area (Å²) in [5, 5.41) is 10.2. The van der Waals surface area contributed by atoms with Gasteiger partial charge in [-0.2, -0.15) is 17.5 Å². The maximum Gasteiger partial charge on any atom is 0.421 e. The van der Waals surface area contributed by atoms with E-state index in [0.717, 1.165) is 12.4 Å². The predicted octanol–water partition coefficient (Wildman–Crippen LogP) is 2.25. The number of allylic oxidation sites excluding steroid dienone is 1. The molecular formula is C19H22ClF3N6O3S. The van der Waals surface area contributed by atoms with Crippen molar-refractivity contribution in [2.75, 3.05) is 30.3 Å². The second-order valence-electron chi connectivity index (χ2n) is 7.64. The molecule has 180 valence electrons. The van der Waals surface area contributed by atoms with Crippen LogP contribution < -0.4 is 10.6 Å². The van der Waals surface area contributed by atoms with Crippen molar-refractivity contribution < 1.29 is 26.7 Å². The molecule has 9 nitrogen and oxygen atoms in total. The Morgan fingerprint density at radius 3 is 2.36 bits per heavy atom. The number of halogens is 4. The van der Waals surface area contributed by atoms with Gasteiger partial charge in [-0.25, -0.2) is 23.4 Å². The Morgan fingerprint density at radius 2 is 1.85 bits per heavy atom. The molecule has 1 unspecified atom stereocenters. The SMILES string of the molecule is C/C(Cl)=C/[C@H]1CN(S(=O)(=O)c2ccc(N)nc2)CCN1c1ncc(C(C)(O)C(F)(F)F)cn1. The van der Waals surface area contributed by atoms with Crippen LogP contribution in [0.5, 0.6) is 0 Å². The van der Waals surface area contributed by atoms with E-state index in [1.807, 2.05) is 0 Å². The predicted molar refractivity (Wildman–Crippen MR) is 116 cm³/mol. The van der Waals surface area contributed by atoms with Gasteiger partial charge in [0.25, 0.3) is 0 Å². The number of nitrogen functional groups attached to an aromatic ring is 1. The smallest absolute Gasteiger partial charge is 0.384 e. The van der Waals surface area contributed by atoms with Gasteiger partial charge in [-0.05, 0) is 32.1 Å². The number of rotatable bonds is 5. The Balaban J connectivity index is 1.88. The molecule has 0 radical (unpaired) electrons. The fourth-order valence-corrected chi connectivity index (χ4v) is 4.78. The molecule has 0 spiro atoms. The fraction of sp³-hybridized carbons (Fsp3) is 0.421. The van der Waals surface area contributed by atoms with Gasteiger partial charge >= 0.3 is 6.18 Å². The first-order chi connectivity index (χ1) is 15.2. The number of anilines is 2. The van der Waals surface area contributed by atoms with Gasteiger partial charge in [-0.3, -0.25) is 0 Å². The van der Waals surface area contributed by atoms with E-state index >= 15 is 0 Å². The minimum Gasteiger partial charge on any atom is -0.384 e. The number of piperazine rings is 1. The van der Waals surface area contributed by atoms with Crippen molar-refractivity contribution in [3.63, 3.8) is 0 Å². The zero-order chi connectivity index (χ0) is 24.6. The second-order valence-corrected chi connectivity index (χ2v) is 10.2. The van der Waals surface area contributed by atoms with Crippen LogP contribution in [0.25, 0.3) is 0 Å². The first kappa shape index (κ1) is 25.1. The monoisotopic (exact) mass is 506 g/mol. The number of aromatic nitrogens is 3. The van der Waals surface area contributed by atoms with E-state index in [-0.39, 0.29) is 36.3 Å². The van der Waals surface area contributed by atoms with Crippen LogP contribution in [0.15, 0.2) is 46.7 Å². The lowest BCUT2D eigenvalue weighted by atomic mass is 9.99. The van der Waals surface area contributed by atoms with Crippen LogP contribution in [0.2, 0.25) is 0 Å². The molecule has 1 fully saturated rings. The van der Waals surface area contributed by atoms with Gasteiger partial charge in [0.1, 0.15) is 10.7 Å². The normalized spacial score (nSPS) is 20.5. The first-order valence-corrected chi connectivity index (χ1v) is 11.5. The van der Waals surface area contributed by atoms with Crippen molar-refractivity contribution in [3.8, 4) is 0 Å². The van der Waals surface area contributed by atoms with E-state index in [0.29, 0.717) is 12.0 Å². The highest BCUT2D eigenvalue weighted by molar-refractivity contribution is 7.89. The number of hydrogen-bond acceptors (Lipinski definition) is 8. The third-order valence-electron chi connectivity index (χ3n) is 5.21. The lowest BCUT2D eigenvalue weighted by Gasteiger charge is -2.39. The van der Waals surface area contributed by atoms with Crippen molar-refractivity contribution in [1.29, 1.82) is 0 Å². The number of nitrogens with two attached hydrogens (primary N) is 1. The zero-order valence-corrected chi connectivity index (χ0v) is 19.2. The summed E-state index contributed by atoms with van der Waals surface area (Å²) in [5.74, 6) is 0.254. The van der Waals surface area contributed by atoms with Crippen LogP contribution in [0.1, 0.15) is 19.4 Å². The van der Waals surface area contributed by atoms with Crippen molar-refractivity contribution in [3.05, 3.63) is 47.4 Å². The zero-order valence-electron chi connectivity index (χ0n) is 17.7. The van der Waals surface area contributed by atoms with Gasteiger partial charge in [-0.1, -0.05) is 11.6 Å². The summed E-state index contributed by atoms with van der Waals surface area (Å²) in [6.45, 7) is 2.42. The Labute approximate surface area is 193 Å². The molecule has 0 amide bonds. The minimum absolute atomic E-state index is 0.0118. The van der Waals surface area contributed by atoms with E-state index in [2.05, 4.69) is 15.0 Å². The van der Waals surface area contributed by atoms with Gasteiger partial charge in [0.05, 0.1) is 6.04 Å². The number of aliphatic hydroxyl groups is 1. The Kier molecular flexibility index (Phi) is 6.89. The maximum atomic E-state index is 13.1. The van der Waals surface area contributed by atoms with E-state index in [9.17, 15) is 26.7 Å². The lowest BCUT2D eigenvalue weighted by Crippen LogP contribution is -2.54. The molecule has 2 atom stereocenters. The number of hydrogen-bond donors (Lipinski definition) is 2. The molecular weight excluding hydrogens is 485 g/mol. The summed E-state index contributed by atoms with van der Waals surface area (Å²) >= 11 is 6.04. The first-order valence-electron chi connectivity index (χ1n) is 9.67. The molecule has 14 heteroatoms. The quantitative estimate of drug-likeness (QED) is 0.632. The highest BCUT2D eigenvalue weighted by Crippen LogP contribution is 2.38. The van der Waals surface area contributed by atoms with E-state index in [1.165, 1.54) is 22.6 Å². The van der Waals surface area contributed by atoms with Gasteiger partial charge in [0, 0.05) is 48.8 Å². The van der Waals surface area contributed by atoms with Crippen molar-refractivity contribution in [2.45, 2.75) is 36.6 Å². The largest absolute Gasteiger partial charge is 0.421 e. The van der Waals surface area contributed by atoms with E-state index < -0.39 is 33.4 Å². The summed E-state index contributed by atoms with van der Waals surface area (Å²) in [5.41, 5.74) is 1.90. The Morgan fingerprint density at radius 1 is 1.21 bits per heavy atom.